The number of methoxy groups -OCH3 is 1. The average molecular weight is 398 g/mol. The molecule has 124 valence electrons. The largest absolute Gasteiger partial charge is 0.495 e. The predicted molar refractivity (Wildman–Crippen MR) is 81.9 cm³/mol. The van der Waals surface area contributed by atoms with Gasteiger partial charge in [0.05, 0.1) is 11.6 Å². The third-order valence-corrected chi connectivity index (χ3v) is 5.20. The number of carbonyl (C=O) groups is 1. The van der Waals surface area contributed by atoms with Gasteiger partial charge in [-0.2, -0.15) is 0 Å². The lowest BCUT2D eigenvalue weighted by molar-refractivity contribution is -0.137. The van der Waals surface area contributed by atoms with Crippen LogP contribution in [0.4, 0.5) is 4.39 Å². The molecule has 2 N–H and O–H groups in total. The topological polar surface area (TPSA) is 92.7 Å². The molecule has 0 heterocycles. The third kappa shape index (κ3) is 4.92. The van der Waals surface area contributed by atoms with Gasteiger partial charge >= 0.3 is 5.97 Å². The van der Waals surface area contributed by atoms with Gasteiger partial charge in [0.1, 0.15) is 16.5 Å². The maximum Gasteiger partial charge on any atom is 0.303 e. The molecule has 0 amide bonds. The molecule has 1 aromatic carbocycles. The van der Waals surface area contributed by atoms with Crippen LogP contribution in [0.5, 0.6) is 5.75 Å². The Balaban J connectivity index is 3.14. The Labute approximate surface area is 136 Å². The lowest BCUT2D eigenvalue weighted by atomic mass is 10.0. The Morgan fingerprint density at radius 1 is 1.45 bits per heavy atom. The fraction of sp³-hybridized carbons (Fsp3) is 0.462. The molecule has 6 nitrogen and oxygen atoms in total. The molecule has 1 aromatic rings. The molecule has 9 heteroatoms. The molecule has 0 aliphatic heterocycles. The summed E-state index contributed by atoms with van der Waals surface area (Å²) in [5.41, 5.74) is -1.01. The van der Waals surface area contributed by atoms with Crippen LogP contribution >= 0.6 is 15.9 Å². The van der Waals surface area contributed by atoms with E-state index in [1.807, 2.05) is 0 Å². The fourth-order valence-electron chi connectivity index (χ4n) is 1.77. The van der Waals surface area contributed by atoms with Crippen LogP contribution in [0.25, 0.3) is 0 Å². The summed E-state index contributed by atoms with van der Waals surface area (Å²) < 4.78 is 45.9. The van der Waals surface area contributed by atoms with Gasteiger partial charge < -0.3 is 9.84 Å². The van der Waals surface area contributed by atoms with Crippen LogP contribution in [0.2, 0.25) is 0 Å². The molecule has 0 unspecified atom stereocenters. The maximum atomic E-state index is 13.6. The molecule has 0 fully saturated rings. The Bertz CT molecular complexity index is 675. The van der Waals surface area contributed by atoms with E-state index in [-0.39, 0.29) is 28.0 Å². The molecule has 0 aliphatic rings. The Morgan fingerprint density at radius 3 is 2.55 bits per heavy atom. The van der Waals surface area contributed by atoms with Gasteiger partial charge in [0.2, 0.25) is 10.0 Å². The van der Waals surface area contributed by atoms with Crippen molar-refractivity contribution in [2.24, 2.45) is 0 Å². The van der Waals surface area contributed by atoms with Gasteiger partial charge in [-0.05, 0) is 48.3 Å². The number of hydrogen-bond donors (Lipinski definition) is 2. The van der Waals surface area contributed by atoms with Crippen LogP contribution in [0, 0.1) is 5.82 Å². The fourth-order valence-corrected chi connectivity index (χ4v) is 3.70. The van der Waals surface area contributed by atoms with E-state index in [1.54, 1.807) is 13.8 Å². The highest BCUT2D eigenvalue weighted by atomic mass is 79.9. The number of sulfonamides is 1. The third-order valence-electron chi connectivity index (χ3n) is 2.87. The first-order valence-electron chi connectivity index (χ1n) is 6.27. The van der Waals surface area contributed by atoms with Crippen molar-refractivity contribution in [2.45, 2.75) is 37.1 Å². The first kappa shape index (κ1) is 18.9. The van der Waals surface area contributed by atoms with Crippen LogP contribution < -0.4 is 9.46 Å². The second-order valence-electron chi connectivity index (χ2n) is 5.30. The van der Waals surface area contributed by atoms with Crippen molar-refractivity contribution in [3.8, 4) is 5.75 Å². The van der Waals surface area contributed by atoms with Crippen molar-refractivity contribution in [3.05, 3.63) is 22.4 Å². The summed E-state index contributed by atoms with van der Waals surface area (Å²) in [5.74, 6) is -1.79. The van der Waals surface area contributed by atoms with E-state index < -0.39 is 27.3 Å². The van der Waals surface area contributed by atoms with Crippen LogP contribution in [0.3, 0.4) is 0 Å². The first-order chi connectivity index (χ1) is 9.98. The average Bonchev–Trinajstić information content (AvgIpc) is 2.38. The molecule has 22 heavy (non-hydrogen) atoms. The maximum absolute atomic E-state index is 13.6. The zero-order valence-corrected chi connectivity index (χ0v) is 14.7. The van der Waals surface area contributed by atoms with Crippen LogP contribution in [-0.4, -0.2) is 32.1 Å². The highest BCUT2D eigenvalue weighted by molar-refractivity contribution is 9.10. The molecule has 0 atom stereocenters. The van der Waals surface area contributed by atoms with E-state index in [0.29, 0.717) is 0 Å². The van der Waals surface area contributed by atoms with Crippen LogP contribution in [0.1, 0.15) is 26.7 Å². The van der Waals surface area contributed by atoms with Gasteiger partial charge in [0.25, 0.3) is 0 Å². The Morgan fingerprint density at radius 2 is 2.05 bits per heavy atom. The molecule has 0 spiro atoms. The van der Waals surface area contributed by atoms with Gasteiger partial charge in [-0.25, -0.2) is 17.5 Å². The van der Waals surface area contributed by atoms with Gasteiger partial charge in [0.15, 0.2) is 0 Å². The predicted octanol–water partition coefficient (Wildman–Crippen LogP) is 2.52. The summed E-state index contributed by atoms with van der Waals surface area (Å²) in [4.78, 5) is 10.3. The number of carboxylic acid groups (broad SMARTS) is 1. The number of benzene rings is 1. The quantitative estimate of drug-likeness (QED) is 0.737. The Hall–Kier alpha value is -1.19. The van der Waals surface area contributed by atoms with Crippen LogP contribution in [0.15, 0.2) is 21.5 Å². The highest BCUT2D eigenvalue weighted by Gasteiger charge is 2.29. The van der Waals surface area contributed by atoms with E-state index in [0.717, 1.165) is 6.07 Å². The lowest BCUT2D eigenvalue weighted by Crippen LogP contribution is -2.43. The van der Waals surface area contributed by atoms with E-state index in [9.17, 15) is 17.6 Å². The number of carboxylic acids is 1. The molecule has 0 aromatic heterocycles. The minimum atomic E-state index is -4.08. The van der Waals surface area contributed by atoms with Crippen molar-refractivity contribution in [1.82, 2.24) is 4.72 Å². The molecule has 0 saturated carbocycles. The SMILES string of the molecule is COc1cc(Br)c(F)cc1S(=O)(=O)NC(C)(C)CCC(=O)O. The summed E-state index contributed by atoms with van der Waals surface area (Å²) in [6.07, 6.45) is -0.107. The zero-order chi connectivity index (χ0) is 17.1. The van der Waals surface area contributed by atoms with Crippen molar-refractivity contribution in [1.29, 1.82) is 0 Å². The van der Waals surface area contributed by atoms with Crippen molar-refractivity contribution >= 4 is 31.9 Å². The first-order valence-corrected chi connectivity index (χ1v) is 8.55. The molecule has 0 radical (unpaired) electrons. The van der Waals surface area contributed by atoms with Crippen molar-refractivity contribution in [2.75, 3.05) is 7.11 Å². The molecule has 0 aliphatic carbocycles. The number of rotatable bonds is 7. The van der Waals surface area contributed by atoms with Gasteiger partial charge in [-0.1, -0.05) is 0 Å². The minimum Gasteiger partial charge on any atom is -0.495 e. The summed E-state index contributed by atoms with van der Waals surface area (Å²) >= 11 is 2.95. The minimum absolute atomic E-state index is 0.0187. The van der Waals surface area contributed by atoms with E-state index in [2.05, 4.69) is 20.7 Å². The zero-order valence-electron chi connectivity index (χ0n) is 12.3. The van der Waals surface area contributed by atoms with E-state index in [4.69, 9.17) is 9.84 Å². The lowest BCUT2D eigenvalue weighted by Gasteiger charge is -2.25. The van der Waals surface area contributed by atoms with Gasteiger partial charge in [-0.3, -0.25) is 4.79 Å². The van der Waals surface area contributed by atoms with Crippen LogP contribution in [-0.2, 0) is 14.8 Å². The normalized spacial score (nSPS) is 12.2. The second-order valence-corrected chi connectivity index (χ2v) is 7.81. The molecule has 1 rings (SSSR count). The number of hydrogen-bond acceptors (Lipinski definition) is 4. The number of ether oxygens (including phenoxy) is 1. The smallest absolute Gasteiger partial charge is 0.303 e. The van der Waals surface area contributed by atoms with Gasteiger partial charge in [-0.15, -0.1) is 0 Å². The van der Waals surface area contributed by atoms with Crippen molar-refractivity contribution in [3.63, 3.8) is 0 Å². The molecular formula is C13H17BrFNO5S. The number of aliphatic carboxylic acids is 1. The molecule has 0 bridgehead atoms. The number of nitrogens with one attached hydrogen (secondary N) is 1. The highest BCUT2D eigenvalue weighted by Crippen LogP contribution is 2.31. The summed E-state index contributed by atoms with van der Waals surface area (Å²) in [5, 5.41) is 8.69. The molecule has 0 saturated heterocycles. The summed E-state index contributed by atoms with van der Waals surface area (Å²) in [6, 6.07) is 2.06. The Kier molecular flexibility index (Phi) is 5.94. The van der Waals surface area contributed by atoms with E-state index in [1.165, 1.54) is 13.2 Å². The summed E-state index contributed by atoms with van der Waals surface area (Å²) in [6.45, 7) is 3.10. The van der Waals surface area contributed by atoms with Gasteiger partial charge in [0, 0.05) is 12.0 Å². The monoisotopic (exact) mass is 397 g/mol. The molecular weight excluding hydrogens is 381 g/mol. The standard InChI is InChI=1S/C13H17BrFNO5S/c1-13(2,5-4-12(17)18)16-22(19,20)11-7-9(15)8(14)6-10(11)21-3/h6-7,16H,4-5H2,1-3H3,(H,17,18). The number of halogens is 2. The van der Waals surface area contributed by atoms with E-state index >= 15 is 0 Å². The second kappa shape index (κ2) is 6.93. The summed E-state index contributed by atoms with van der Waals surface area (Å²) in [7, 11) is -2.80. The van der Waals surface area contributed by atoms with Crippen molar-refractivity contribution < 1.29 is 27.4 Å².